The summed E-state index contributed by atoms with van der Waals surface area (Å²) < 4.78 is 0. The zero-order valence-corrected chi connectivity index (χ0v) is 12.6. The summed E-state index contributed by atoms with van der Waals surface area (Å²) in [6.45, 7) is 8.40. The SMILES string of the molecule is CCN(CC)C(=O)NCc1ccc(N2CCCC2)cc1. The monoisotopic (exact) mass is 275 g/mol. The number of carbonyl (C=O) groups is 1. The second kappa shape index (κ2) is 7.17. The highest BCUT2D eigenvalue weighted by atomic mass is 16.2. The fraction of sp³-hybridized carbons (Fsp3) is 0.562. The molecule has 0 bridgehead atoms. The first-order chi connectivity index (χ1) is 9.74. The van der Waals surface area contributed by atoms with Crippen LogP contribution in [0.25, 0.3) is 0 Å². The van der Waals surface area contributed by atoms with Crippen molar-refractivity contribution in [1.82, 2.24) is 10.2 Å². The van der Waals surface area contributed by atoms with Crippen molar-refractivity contribution in [2.45, 2.75) is 33.2 Å². The van der Waals surface area contributed by atoms with Crippen LogP contribution in [0.1, 0.15) is 32.3 Å². The molecule has 1 N–H and O–H groups in total. The number of hydrogen-bond donors (Lipinski definition) is 1. The third-order valence-corrected chi connectivity index (χ3v) is 3.90. The van der Waals surface area contributed by atoms with E-state index in [-0.39, 0.29) is 6.03 Å². The standard InChI is InChI=1S/C16H25N3O/c1-3-18(4-2)16(20)17-13-14-7-9-15(10-8-14)19-11-5-6-12-19/h7-10H,3-6,11-13H2,1-2H3,(H,17,20). The fourth-order valence-corrected chi connectivity index (χ4v) is 2.60. The number of anilines is 1. The first-order valence-electron chi connectivity index (χ1n) is 7.61. The van der Waals surface area contributed by atoms with Gasteiger partial charge in [0.2, 0.25) is 0 Å². The van der Waals surface area contributed by atoms with E-state index in [9.17, 15) is 4.79 Å². The summed E-state index contributed by atoms with van der Waals surface area (Å²) in [6, 6.07) is 8.54. The van der Waals surface area contributed by atoms with E-state index in [2.05, 4.69) is 34.5 Å². The second-order valence-corrected chi connectivity index (χ2v) is 5.19. The van der Waals surface area contributed by atoms with E-state index < -0.39 is 0 Å². The van der Waals surface area contributed by atoms with Crippen molar-refractivity contribution in [3.63, 3.8) is 0 Å². The fourth-order valence-electron chi connectivity index (χ4n) is 2.60. The molecule has 2 amide bonds. The zero-order valence-electron chi connectivity index (χ0n) is 12.6. The van der Waals surface area contributed by atoms with E-state index in [1.807, 2.05) is 13.8 Å². The minimum atomic E-state index is 0.0126. The number of amides is 2. The summed E-state index contributed by atoms with van der Waals surface area (Å²) in [5.41, 5.74) is 2.44. The van der Waals surface area contributed by atoms with Crippen LogP contribution >= 0.6 is 0 Å². The molecule has 0 spiro atoms. The van der Waals surface area contributed by atoms with Crippen LogP contribution in [0.5, 0.6) is 0 Å². The molecule has 0 aromatic heterocycles. The Morgan fingerprint density at radius 3 is 2.30 bits per heavy atom. The Bertz CT molecular complexity index is 420. The van der Waals surface area contributed by atoms with Gasteiger partial charge in [-0.05, 0) is 44.4 Å². The molecule has 0 aliphatic carbocycles. The number of benzene rings is 1. The first-order valence-corrected chi connectivity index (χ1v) is 7.61. The molecule has 4 nitrogen and oxygen atoms in total. The minimum Gasteiger partial charge on any atom is -0.372 e. The number of urea groups is 1. The lowest BCUT2D eigenvalue weighted by Crippen LogP contribution is -2.39. The lowest BCUT2D eigenvalue weighted by atomic mass is 10.2. The van der Waals surface area contributed by atoms with Crippen LogP contribution in [0.4, 0.5) is 10.5 Å². The van der Waals surface area contributed by atoms with Gasteiger partial charge in [0.15, 0.2) is 0 Å². The summed E-state index contributed by atoms with van der Waals surface area (Å²) in [5, 5.41) is 2.96. The summed E-state index contributed by atoms with van der Waals surface area (Å²) in [4.78, 5) is 16.1. The molecule has 1 heterocycles. The van der Waals surface area contributed by atoms with Gasteiger partial charge in [0.25, 0.3) is 0 Å². The van der Waals surface area contributed by atoms with Gasteiger partial charge < -0.3 is 15.1 Å². The maximum Gasteiger partial charge on any atom is 0.317 e. The molecule has 20 heavy (non-hydrogen) atoms. The third kappa shape index (κ3) is 3.65. The van der Waals surface area contributed by atoms with Crippen LogP contribution in [0, 0.1) is 0 Å². The lowest BCUT2D eigenvalue weighted by molar-refractivity contribution is 0.203. The van der Waals surface area contributed by atoms with Crippen molar-refractivity contribution in [1.29, 1.82) is 0 Å². The van der Waals surface area contributed by atoms with Gasteiger partial charge >= 0.3 is 6.03 Å². The van der Waals surface area contributed by atoms with E-state index in [0.29, 0.717) is 6.54 Å². The quantitative estimate of drug-likeness (QED) is 0.897. The van der Waals surface area contributed by atoms with Crippen LogP contribution in [-0.2, 0) is 6.54 Å². The van der Waals surface area contributed by atoms with E-state index in [1.54, 1.807) is 4.90 Å². The van der Waals surface area contributed by atoms with Gasteiger partial charge in [-0.15, -0.1) is 0 Å². The lowest BCUT2D eigenvalue weighted by Gasteiger charge is -2.20. The number of nitrogens with one attached hydrogen (secondary N) is 1. The molecule has 1 aliphatic rings. The highest BCUT2D eigenvalue weighted by Crippen LogP contribution is 2.20. The topological polar surface area (TPSA) is 35.6 Å². The Labute approximate surface area is 121 Å². The minimum absolute atomic E-state index is 0.0126. The van der Waals surface area contributed by atoms with Gasteiger partial charge in [0.1, 0.15) is 0 Å². The predicted octanol–water partition coefficient (Wildman–Crippen LogP) is 2.84. The Balaban J connectivity index is 1.86. The smallest absolute Gasteiger partial charge is 0.317 e. The van der Waals surface area contributed by atoms with Gasteiger partial charge in [-0.3, -0.25) is 0 Å². The van der Waals surface area contributed by atoms with Gasteiger partial charge in [0.05, 0.1) is 0 Å². The molecule has 1 aromatic carbocycles. The molecule has 0 atom stereocenters. The van der Waals surface area contributed by atoms with Crippen LogP contribution < -0.4 is 10.2 Å². The van der Waals surface area contributed by atoms with Gasteiger partial charge in [-0.2, -0.15) is 0 Å². The molecule has 0 unspecified atom stereocenters. The Morgan fingerprint density at radius 1 is 1.15 bits per heavy atom. The number of hydrogen-bond acceptors (Lipinski definition) is 2. The van der Waals surface area contributed by atoms with Crippen molar-refractivity contribution in [2.24, 2.45) is 0 Å². The summed E-state index contributed by atoms with van der Waals surface area (Å²) in [5.74, 6) is 0. The van der Waals surface area contributed by atoms with Crippen molar-refractivity contribution in [3.8, 4) is 0 Å². The third-order valence-electron chi connectivity index (χ3n) is 3.90. The molecule has 2 rings (SSSR count). The highest BCUT2D eigenvalue weighted by Gasteiger charge is 2.12. The van der Waals surface area contributed by atoms with Crippen molar-refractivity contribution < 1.29 is 4.79 Å². The average molecular weight is 275 g/mol. The van der Waals surface area contributed by atoms with Gasteiger partial charge in [-0.1, -0.05) is 12.1 Å². The molecule has 0 saturated carbocycles. The molecular formula is C16H25N3O. The van der Waals surface area contributed by atoms with Crippen LogP contribution in [0.15, 0.2) is 24.3 Å². The molecule has 1 fully saturated rings. The van der Waals surface area contributed by atoms with Crippen molar-refractivity contribution in [2.75, 3.05) is 31.1 Å². The normalized spacial score (nSPS) is 14.4. The summed E-state index contributed by atoms with van der Waals surface area (Å²) in [7, 11) is 0. The van der Waals surface area contributed by atoms with Gasteiger partial charge in [0, 0.05) is 38.4 Å². The number of nitrogens with zero attached hydrogens (tertiary/aromatic N) is 2. The molecule has 1 aliphatic heterocycles. The molecule has 1 aromatic rings. The average Bonchev–Trinajstić information content (AvgIpc) is 3.01. The van der Waals surface area contributed by atoms with Crippen LogP contribution in [-0.4, -0.2) is 37.1 Å². The number of rotatable bonds is 5. The van der Waals surface area contributed by atoms with E-state index in [1.165, 1.54) is 18.5 Å². The van der Waals surface area contributed by atoms with Crippen molar-refractivity contribution in [3.05, 3.63) is 29.8 Å². The molecule has 0 radical (unpaired) electrons. The van der Waals surface area contributed by atoms with Gasteiger partial charge in [-0.25, -0.2) is 4.79 Å². The Hall–Kier alpha value is -1.71. The van der Waals surface area contributed by atoms with Crippen LogP contribution in [0.3, 0.4) is 0 Å². The molecule has 110 valence electrons. The molecule has 4 heteroatoms. The van der Waals surface area contributed by atoms with Crippen LogP contribution in [0.2, 0.25) is 0 Å². The largest absolute Gasteiger partial charge is 0.372 e. The molecule has 1 saturated heterocycles. The summed E-state index contributed by atoms with van der Waals surface area (Å²) >= 11 is 0. The Morgan fingerprint density at radius 2 is 1.75 bits per heavy atom. The van der Waals surface area contributed by atoms with E-state index >= 15 is 0 Å². The highest BCUT2D eigenvalue weighted by molar-refractivity contribution is 5.74. The first kappa shape index (κ1) is 14.7. The Kier molecular flexibility index (Phi) is 5.27. The second-order valence-electron chi connectivity index (χ2n) is 5.19. The predicted molar refractivity (Wildman–Crippen MR) is 83.0 cm³/mol. The van der Waals surface area contributed by atoms with E-state index in [0.717, 1.165) is 31.7 Å². The van der Waals surface area contributed by atoms with Crippen molar-refractivity contribution >= 4 is 11.7 Å². The van der Waals surface area contributed by atoms with E-state index in [4.69, 9.17) is 0 Å². The summed E-state index contributed by atoms with van der Waals surface area (Å²) in [6.07, 6.45) is 2.59. The molecular weight excluding hydrogens is 250 g/mol. The maximum atomic E-state index is 11.9. The maximum absolute atomic E-state index is 11.9. The number of carbonyl (C=O) groups excluding carboxylic acids is 1. The zero-order chi connectivity index (χ0) is 14.4.